The molecule has 1 aliphatic rings. The largest absolute Gasteiger partial charge is 0.303 e. The van der Waals surface area contributed by atoms with Gasteiger partial charge in [-0.1, -0.05) is 11.6 Å². The van der Waals surface area contributed by atoms with Gasteiger partial charge in [0.15, 0.2) is 5.78 Å². The number of ketones is 1. The molecule has 6 heteroatoms. The maximum atomic E-state index is 12.3. The molecule has 104 valence electrons. The fraction of sp³-hybridized carbons (Fsp3) is 0.286. The van der Waals surface area contributed by atoms with Crippen LogP contribution in [-0.2, 0) is 11.2 Å². The molecule has 0 N–H and O–H groups in total. The van der Waals surface area contributed by atoms with Crippen molar-refractivity contribution in [2.45, 2.75) is 19.3 Å². The van der Waals surface area contributed by atoms with Crippen LogP contribution >= 0.6 is 34.3 Å². The highest BCUT2D eigenvalue weighted by molar-refractivity contribution is 7.18. The average Bonchev–Trinajstić information content (AvgIpc) is 3.02. The zero-order valence-electron chi connectivity index (χ0n) is 10.6. The lowest BCUT2D eigenvalue weighted by Gasteiger charge is -2.19. The van der Waals surface area contributed by atoms with Gasteiger partial charge in [-0.3, -0.25) is 9.59 Å². The van der Waals surface area contributed by atoms with Crippen LogP contribution in [-0.4, -0.2) is 18.2 Å². The van der Waals surface area contributed by atoms with Crippen molar-refractivity contribution in [1.29, 1.82) is 0 Å². The van der Waals surface area contributed by atoms with E-state index >= 15 is 0 Å². The van der Waals surface area contributed by atoms with E-state index in [0.717, 1.165) is 18.5 Å². The van der Waals surface area contributed by atoms with E-state index in [1.807, 2.05) is 11.4 Å². The molecule has 3 heterocycles. The van der Waals surface area contributed by atoms with Gasteiger partial charge >= 0.3 is 0 Å². The molecule has 0 bridgehead atoms. The summed E-state index contributed by atoms with van der Waals surface area (Å²) in [5.41, 5.74) is 0.897. The van der Waals surface area contributed by atoms with Crippen molar-refractivity contribution >= 4 is 51.7 Å². The normalized spacial score (nSPS) is 15.1. The first kappa shape index (κ1) is 13.8. The number of carbonyl (C=O) groups excluding carboxylic acids is 2. The van der Waals surface area contributed by atoms with E-state index in [1.165, 1.54) is 16.2 Å². The Morgan fingerprint density at radius 3 is 2.90 bits per heavy atom. The lowest BCUT2D eigenvalue weighted by atomic mass is 10.2. The molecule has 0 aliphatic carbocycles. The Morgan fingerprint density at radius 1 is 1.30 bits per heavy atom. The first-order chi connectivity index (χ1) is 9.65. The van der Waals surface area contributed by atoms with E-state index in [1.54, 1.807) is 28.4 Å². The monoisotopic (exact) mass is 325 g/mol. The molecule has 1 aliphatic heterocycles. The molecule has 1 amide bonds. The van der Waals surface area contributed by atoms with Gasteiger partial charge in [0.25, 0.3) is 0 Å². The topological polar surface area (TPSA) is 37.4 Å². The van der Waals surface area contributed by atoms with Crippen LogP contribution < -0.4 is 4.90 Å². The third-order valence-electron chi connectivity index (χ3n) is 3.26. The number of carbonyl (C=O) groups is 2. The predicted molar refractivity (Wildman–Crippen MR) is 83.3 cm³/mol. The Morgan fingerprint density at radius 2 is 2.15 bits per heavy atom. The van der Waals surface area contributed by atoms with Crippen molar-refractivity contribution in [3.63, 3.8) is 0 Å². The van der Waals surface area contributed by atoms with E-state index in [0.29, 0.717) is 15.6 Å². The second kappa shape index (κ2) is 5.68. The summed E-state index contributed by atoms with van der Waals surface area (Å²) in [6.45, 7) is 0.0966. The van der Waals surface area contributed by atoms with Crippen molar-refractivity contribution in [3.05, 3.63) is 37.7 Å². The van der Waals surface area contributed by atoms with Crippen LogP contribution in [0.5, 0.6) is 0 Å². The van der Waals surface area contributed by atoms with Gasteiger partial charge in [-0.25, -0.2) is 0 Å². The van der Waals surface area contributed by atoms with Crippen LogP contribution in [0.25, 0.3) is 0 Å². The van der Waals surface area contributed by atoms with Crippen molar-refractivity contribution in [2.24, 2.45) is 0 Å². The smallest absolute Gasteiger partial charge is 0.227 e. The van der Waals surface area contributed by atoms with Crippen LogP contribution in [0.2, 0.25) is 4.34 Å². The lowest BCUT2D eigenvalue weighted by molar-refractivity contribution is -0.118. The highest BCUT2D eigenvalue weighted by atomic mass is 35.5. The molecule has 0 spiro atoms. The average molecular weight is 326 g/mol. The number of thiophene rings is 2. The van der Waals surface area contributed by atoms with Crippen LogP contribution in [0.1, 0.15) is 27.4 Å². The zero-order chi connectivity index (χ0) is 14.1. The van der Waals surface area contributed by atoms with Crippen molar-refractivity contribution < 1.29 is 9.59 Å². The second-order valence-electron chi connectivity index (χ2n) is 4.59. The Labute approximate surface area is 129 Å². The van der Waals surface area contributed by atoms with Gasteiger partial charge in [-0.2, -0.15) is 0 Å². The zero-order valence-corrected chi connectivity index (χ0v) is 13.0. The first-order valence-electron chi connectivity index (χ1n) is 6.30. The van der Waals surface area contributed by atoms with E-state index < -0.39 is 0 Å². The maximum absolute atomic E-state index is 12.3. The molecule has 0 saturated heterocycles. The van der Waals surface area contributed by atoms with E-state index in [2.05, 4.69) is 0 Å². The summed E-state index contributed by atoms with van der Waals surface area (Å²) in [7, 11) is 0. The second-order valence-corrected chi connectivity index (χ2v) is 7.31. The minimum Gasteiger partial charge on any atom is -0.303 e. The van der Waals surface area contributed by atoms with Crippen molar-refractivity contribution in [3.8, 4) is 0 Å². The highest BCUT2D eigenvalue weighted by Gasteiger charge is 2.25. The quantitative estimate of drug-likeness (QED) is 0.799. The summed E-state index contributed by atoms with van der Waals surface area (Å²) in [4.78, 5) is 27.9. The number of nitrogens with zero attached hydrogens (tertiary/aromatic N) is 1. The lowest BCUT2D eigenvalue weighted by Crippen LogP contribution is -2.34. The molecule has 0 unspecified atom stereocenters. The minimum atomic E-state index is -0.0608. The van der Waals surface area contributed by atoms with Crippen molar-refractivity contribution in [1.82, 2.24) is 0 Å². The number of hydrogen-bond donors (Lipinski definition) is 0. The van der Waals surface area contributed by atoms with Gasteiger partial charge in [0, 0.05) is 11.3 Å². The molecule has 0 saturated carbocycles. The molecule has 0 radical (unpaired) electrons. The number of Topliss-reactive ketones (excluding diaryl/α,β-unsaturated/α-hetero) is 1. The molecule has 2 aromatic rings. The Kier molecular flexibility index (Phi) is 3.92. The van der Waals surface area contributed by atoms with E-state index in [-0.39, 0.29) is 18.2 Å². The predicted octanol–water partition coefficient (Wildman–Crippen LogP) is 4.02. The number of fused-ring (bicyclic) bond motifs is 1. The summed E-state index contributed by atoms with van der Waals surface area (Å²) in [6.07, 6.45) is 2.26. The molecule has 0 fully saturated rings. The standard InChI is InChI=1S/C14H12ClNO2S2/c15-13-5-4-12(20-13)10(17)8-16-9-6-7-19-11(9)2-1-3-14(16)18/h4-7H,1-3,8H2. The van der Waals surface area contributed by atoms with Gasteiger partial charge < -0.3 is 4.90 Å². The molecule has 3 nitrogen and oxygen atoms in total. The Balaban J connectivity index is 1.86. The number of halogens is 1. The SMILES string of the molecule is O=C(CN1C(=O)CCCc2sccc21)c1ccc(Cl)s1. The Hall–Kier alpha value is -1.17. The van der Waals surface area contributed by atoms with Crippen LogP contribution in [0.4, 0.5) is 5.69 Å². The first-order valence-corrected chi connectivity index (χ1v) is 8.38. The summed E-state index contributed by atoms with van der Waals surface area (Å²) in [5, 5.41) is 1.97. The van der Waals surface area contributed by atoms with Gasteiger partial charge in [-0.15, -0.1) is 22.7 Å². The van der Waals surface area contributed by atoms with Gasteiger partial charge in [0.2, 0.25) is 5.91 Å². The van der Waals surface area contributed by atoms with Crippen molar-refractivity contribution in [2.75, 3.05) is 11.4 Å². The summed E-state index contributed by atoms with van der Waals surface area (Å²) < 4.78 is 0.590. The number of hydrogen-bond acceptors (Lipinski definition) is 4. The molecule has 2 aromatic heterocycles. The van der Waals surface area contributed by atoms with Gasteiger partial charge in [0.05, 0.1) is 21.4 Å². The molecule has 3 rings (SSSR count). The third-order valence-corrected chi connectivity index (χ3v) is 5.50. The van der Waals surface area contributed by atoms with Gasteiger partial charge in [-0.05, 0) is 36.4 Å². The van der Waals surface area contributed by atoms with Crippen LogP contribution in [0, 0.1) is 0 Å². The minimum absolute atomic E-state index is 0.0261. The summed E-state index contributed by atoms with van der Waals surface area (Å²) in [5.74, 6) is -0.0348. The molecule has 0 atom stereocenters. The fourth-order valence-corrected chi connectivity index (χ4v) is 4.19. The number of aryl methyl sites for hydroxylation is 1. The number of rotatable bonds is 3. The highest BCUT2D eigenvalue weighted by Crippen LogP contribution is 2.32. The molecule has 0 aromatic carbocycles. The van der Waals surface area contributed by atoms with E-state index in [9.17, 15) is 9.59 Å². The van der Waals surface area contributed by atoms with Gasteiger partial charge in [0.1, 0.15) is 0 Å². The molecule has 20 heavy (non-hydrogen) atoms. The number of anilines is 1. The molecular weight excluding hydrogens is 314 g/mol. The Bertz CT molecular complexity index is 662. The summed E-state index contributed by atoms with van der Waals surface area (Å²) in [6, 6.07) is 5.35. The molecular formula is C14H12ClNO2S2. The maximum Gasteiger partial charge on any atom is 0.227 e. The van der Waals surface area contributed by atoms with E-state index in [4.69, 9.17) is 11.6 Å². The van der Waals surface area contributed by atoms with Crippen LogP contribution in [0.3, 0.4) is 0 Å². The number of amides is 1. The third kappa shape index (κ3) is 2.66. The fourth-order valence-electron chi connectivity index (χ4n) is 2.29. The summed E-state index contributed by atoms with van der Waals surface area (Å²) >= 11 is 8.76. The van der Waals surface area contributed by atoms with Crippen LogP contribution in [0.15, 0.2) is 23.6 Å².